The number of halogens is 1. The zero-order valence-electron chi connectivity index (χ0n) is 10.8. The molecule has 3 rings (SSSR count). The van der Waals surface area contributed by atoms with E-state index in [4.69, 9.17) is 9.52 Å². The first-order chi connectivity index (χ1) is 10.1. The highest BCUT2D eigenvalue weighted by Crippen LogP contribution is 2.27. The summed E-state index contributed by atoms with van der Waals surface area (Å²) in [5.41, 5.74) is 1.14. The van der Waals surface area contributed by atoms with Gasteiger partial charge in [0.25, 0.3) is 0 Å². The van der Waals surface area contributed by atoms with Crippen LogP contribution in [0.1, 0.15) is 10.4 Å². The summed E-state index contributed by atoms with van der Waals surface area (Å²) in [6, 6.07) is 12.4. The van der Waals surface area contributed by atoms with Gasteiger partial charge in [-0.2, -0.15) is 0 Å². The number of hydrogen-bond acceptors (Lipinski definition) is 3. The van der Waals surface area contributed by atoms with E-state index in [0.717, 1.165) is 0 Å². The summed E-state index contributed by atoms with van der Waals surface area (Å²) in [5, 5.41) is 8.85. The minimum atomic E-state index is -0.999. The molecule has 4 nitrogen and oxygen atoms in total. The molecular weight excluding hydrogens is 273 g/mol. The minimum Gasteiger partial charge on any atom is -0.478 e. The van der Waals surface area contributed by atoms with E-state index in [0.29, 0.717) is 22.8 Å². The fourth-order valence-corrected chi connectivity index (χ4v) is 1.95. The van der Waals surface area contributed by atoms with Gasteiger partial charge < -0.3 is 9.52 Å². The quantitative estimate of drug-likeness (QED) is 0.793. The van der Waals surface area contributed by atoms with Crippen LogP contribution in [-0.2, 0) is 0 Å². The zero-order valence-corrected chi connectivity index (χ0v) is 10.8. The number of aromatic nitrogens is 1. The fraction of sp³-hybridized carbons (Fsp3) is 0. The average molecular weight is 283 g/mol. The van der Waals surface area contributed by atoms with E-state index in [9.17, 15) is 9.18 Å². The molecule has 0 atom stereocenters. The Balaban J connectivity index is 1.95. The molecule has 3 aromatic rings. The lowest BCUT2D eigenvalue weighted by atomic mass is 10.1. The molecule has 1 aromatic heterocycles. The molecule has 0 spiro atoms. The summed E-state index contributed by atoms with van der Waals surface area (Å²) in [6.45, 7) is 0. The summed E-state index contributed by atoms with van der Waals surface area (Å²) in [7, 11) is 0. The van der Waals surface area contributed by atoms with Gasteiger partial charge in [-0.05, 0) is 36.4 Å². The Morgan fingerprint density at radius 2 is 1.81 bits per heavy atom. The maximum Gasteiger partial charge on any atom is 0.335 e. The first-order valence-electron chi connectivity index (χ1n) is 6.19. The summed E-state index contributed by atoms with van der Waals surface area (Å²) < 4.78 is 19.2. The van der Waals surface area contributed by atoms with Gasteiger partial charge >= 0.3 is 5.97 Å². The Hall–Kier alpha value is -2.95. The lowest BCUT2D eigenvalue weighted by molar-refractivity contribution is 0.0697. The summed E-state index contributed by atoms with van der Waals surface area (Å²) >= 11 is 0. The van der Waals surface area contributed by atoms with Crippen molar-refractivity contribution in [3.05, 3.63) is 66.1 Å². The Morgan fingerprint density at radius 3 is 2.48 bits per heavy atom. The normalized spacial score (nSPS) is 10.5. The van der Waals surface area contributed by atoms with E-state index in [1.807, 2.05) is 0 Å². The second-order valence-electron chi connectivity index (χ2n) is 4.39. The van der Waals surface area contributed by atoms with Gasteiger partial charge in [0.15, 0.2) is 5.76 Å². The summed E-state index contributed by atoms with van der Waals surface area (Å²) in [4.78, 5) is 14.9. The highest BCUT2D eigenvalue weighted by molar-refractivity contribution is 5.88. The Kier molecular flexibility index (Phi) is 3.23. The molecule has 5 heteroatoms. The number of nitrogens with zero attached hydrogens (tertiary/aromatic N) is 1. The molecule has 0 bridgehead atoms. The highest BCUT2D eigenvalue weighted by Gasteiger charge is 2.12. The maximum atomic E-state index is 13.7. The van der Waals surface area contributed by atoms with Crippen molar-refractivity contribution in [2.45, 2.75) is 0 Å². The van der Waals surface area contributed by atoms with Crippen LogP contribution >= 0.6 is 0 Å². The van der Waals surface area contributed by atoms with Crippen molar-refractivity contribution >= 4 is 5.97 Å². The first kappa shape index (κ1) is 13.1. The molecule has 0 aliphatic carbocycles. The number of benzene rings is 2. The van der Waals surface area contributed by atoms with Crippen molar-refractivity contribution in [1.82, 2.24) is 4.98 Å². The molecule has 104 valence electrons. The molecule has 0 amide bonds. The Bertz CT molecular complexity index is 793. The van der Waals surface area contributed by atoms with Crippen LogP contribution in [0.15, 0.2) is 59.1 Å². The Morgan fingerprint density at radius 1 is 1.10 bits per heavy atom. The summed E-state index contributed by atoms with van der Waals surface area (Å²) in [6.07, 6.45) is 1.44. The summed E-state index contributed by atoms with van der Waals surface area (Å²) in [5.74, 6) is -0.752. The topological polar surface area (TPSA) is 63.3 Å². The zero-order chi connectivity index (χ0) is 14.8. The van der Waals surface area contributed by atoms with E-state index in [1.165, 1.54) is 24.4 Å². The van der Waals surface area contributed by atoms with Crippen LogP contribution in [0, 0.1) is 5.82 Å². The Labute approximate surface area is 119 Å². The van der Waals surface area contributed by atoms with Crippen LogP contribution < -0.4 is 0 Å². The number of rotatable bonds is 3. The van der Waals surface area contributed by atoms with Crippen LogP contribution in [0.2, 0.25) is 0 Å². The lowest BCUT2D eigenvalue weighted by Gasteiger charge is -1.99. The van der Waals surface area contributed by atoms with Crippen molar-refractivity contribution in [3.8, 4) is 22.8 Å². The smallest absolute Gasteiger partial charge is 0.335 e. The molecule has 1 heterocycles. The van der Waals surface area contributed by atoms with Crippen LogP contribution in [0.4, 0.5) is 4.39 Å². The van der Waals surface area contributed by atoms with Gasteiger partial charge in [-0.3, -0.25) is 0 Å². The highest BCUT2D eigenvalue weighted by atomic mass is 19.1. The number of hydrogen-bond donors (Lipinski definition) is 1. The van der Waals surface area contributed by atoms with E-state index in [-0.39, 0.29) is 11.4 Å². The largest absolute Gasteiger partial charge is 0.478 e. The van der Waals surface area contributed by atoms with Gasteiger partial charge in [-0.15, -0.1) is 0 Å². The van der Waals surface area contributed by atoms with Crippen molar-refractivity contribution in [1.29, 1.82) is 0 Å². The SMILES string of the molecule is O=C(O)c1ccc(-c2ncc(-c3ccccc3F)o2)cc1. The molecule has 2 aromatic carbocycles. The third kappa shape index (κ3) is 2.53. The van der Waals surface area contributed by atoms with Gasteiger partial charge in [0.05, 0.1) is 17.3 Å². The molecule has 0 aliphatic rings. The second-order valence-corrected chi connectivity index (χ2v) is 4.39. The van der Waals surface area contributed by atoms with Crippen LogP contribution in [0.5, 0.6) is 0 Å². The molecule has 0 unspecified atom stereocenters. The van der Waals surface area contributed by atoms with E-state index >= 15 is 0 Å². The van der Waals surface area contributed by atoms with Gasteiger partial charge in [-0.25, -0.2) is 14.2 Å². The van der Waals surface area contributed by atoms with Crippen molar-refractivity contribution in [2.24, 2.45) is 0 Å². The van der Waals surface area contributed by atoms with Crippen LogP contribution in [-0.4, -0.2) is 16.1 Å². The van der Waals surface area contributed by atoms with Gasteiger partial charge in [0.2, 0.25) is 5.89 Å². The average Bonchev–Trinajstić information content (AvgIpc) is 2.97. The van der Waals surface area contributed by atoms with Gasteiger partial charge in [-0.1, -0.05) is 12.1 Å². The molecule has 0 aliphatic heterocycles. The number of carboxylic acids is 1. The third-order valence-electron chi connectivity index (χ3n) is 3.02. The molecule has 0 saturated heterocycles. The number of aromatic carboxylic acids is 1. The van der Waals surface area contributed by atoms with E-state index in [1.54, 1.807) is 30.3 Å². The number of oxazole rings is 1. The van der Waals surface area contributed by atoms with Gasteiger partial charge in [0.1, 0.15) is 5.82 Å². The maximum absolute atomic E-state index is 13.7. The molecule has 1 N–H and O–H groups in total. The van der Waals surface area contributed by atoms with Gasteiger partial charge in [0, 0.05) is 5.56 Å². The first-order valence-corrected chi connectivity index (χ1v) is 6.19. The predicted molar refractivity (Wildman–Crippen MR) is 74.3 cm³/mol. The molecular formula is C16H10FNO3. The van der Waals surface area contributed by atoms with E-state index in [2.05, 4.69) is 4.98 Å². The van der Waals surface area contributed by atoms with Crippen LogP contribution in [0.3, 0.4) is 0 Å². The molecule has 0 saturated carbocycles. The molecule has 0 radical (unpaired) electrons. The number of carboxylic acid groups (broad SMARTS) is 1. The second kappa shape index (κ2) is 5.20. The van der Waals surface area contributed by atoms with Crippen molar-refractivity contribution in [2.75, 3.05) is 0 Å². The minimum absolute atomic E-state index is 0.180. The fourth-order valence-electron chi connectivity index (χ4n) is 1.95. The van der Waals surface area contributed by atoms with E-state index < -0.39 is 5.97 Å². The molecule has 0 fully saturated rings. The number of carbonyl (C=O) groups is 1. The lowest BCUT2D eigenvalue weighted by Crippen LogP contribution is -1.94. The van der Waals surface area contributed by atoms with Crippen molar-refractivity contribution in [3.63, 3.8) is 0 Å². The predicted octanol–water partition coefficient (Wildman–Crippen LogP) is 3.85. The third-order valence-corrected chi connectivity index (χ3v) is 3.02. The van der Waals surface area contributed by atoms with Crippen molar-refractivity contribution < 1.29 is 18.7 Å². The standard InChI is InChI=1S/C16H10FNO3/c17-13-4-2-1-3-12(13)14-9-18-15(21-14)10-5-7-11(8-6-10)16(19)20/h1-9H,(H,19,20). The molecule has 21 heavy (non-hydrogen) atoms. The monoisotopic (exact) mass is 283 g/mol. The van der Waals surface area contributed by atoms with Crippen LogP contribution in [0.25, 0.3) is 22.8 Å².